The Morgan fingerprint density at radius 2 is 1.78 bits per heavy atom. The highest BCUT2D eigenvalue weighted by molar-refractivity contribution is 5.78. The number of carbonyl (C=O) groups excluding carboxylic acids is 1. The van der Waals surface area contributed by atoms with Crippen LogP contribution in [-0.4, -0.2) is 99.8 Å². The van der Waals surface area contributed by atoms with E-state index in [0.29, 0.717) is 25.0 Å². The first-order valence-corrected chi connectivity index (χ1v) is 13.6. The number of hydrogen-bond donors (Lipinski definition) is 2. The topological polar surface area (TPSA) is 69.3 Å². The number of ether oxygens (including phenoxy) is 1. The van der Waals surface area contributed by atoms with E-state index < -0.39 is 0 Å². The minimum Gasteiger partial charge on any atom is -0.494 e. The number of nitrogens with zero attached hydrogens (tertiary/aromatic N) is 3. The van der Waals surface area contributed by atoms with Crippen LogP contribution in [0, 0.1) is 5.92 Å². The molecule has 36 heavy (non-hydrogen) atoms. The van der Waals surface area contributed by atoms with Crippen molar-refractivity contribution in [3.05, 3.63) is 42.5 Å². The molecular formula is C28H47N5O3. The van der Waals surface area contributed by atoms with Gasteiger partial charge in [-0.2, -0.15) is 5.48 Å². The van der Waals surface area contributed by atoms with Gasteiger partial charge in [0, 0.05) is 38.8 Å². The van der Waals surface area contributed by atoms with Crippen molar-refractivity contribution in [3.63, 3.8) is 0 Å². The maximum atomic E-state index is 11.8. The molecular weight excluding hydrogens is 454 g/mol. The molecule has 0 aliphatic carbocycles. The van der Waals surface area contributed by atoms with E-state index in [0.717, 1.165) is 77.5 Å². The molecule has 2 heterocycles. The van der Waals surface area contributed by atoms with E-state index in [2.05, 4.69) is 70.4 Å². The Hall–Kier alpha value is -1.97. The molecule has 3 rings (SSSR count). The SMILES string of the molecule is C=CCNC(=O)CN1CCC(NOCC2CCN(Cc3ccc(OCCCN(C)C)cc3)CC2)CC1. The Kier molecular flexibility index (Phi) is 12.7. The van der Waals surface area contributed by atoms with E-state index in [-0.39, 0.29) is 5.91 Å². The van der Waals surface area contributed by atoms with E-state index in [1.807, 2.05) is 0 Å². The minimum atomic E-state index is 0.0705. The van der Waals surface area contributed by atoms with Crippen molar-refractivity contribution in [1.82, 2.24) is 25.5 Å². The van der Waals surface area contributed by atoms with Crippen molar-refractivity contribution < 1.29 is 14.4 Å². The van der Waals surface area contributed by atoms with Gasteiger partial charge in [-0.25, -0.2) is 0 Å². The van der Waals surface area contributed by atoms with Crippen molar-refractivity contribution in [3.8, 4) is 5.75 Å². The lowest BCUT2D eigenvalue weighted by Crippen LogP contribution is -2.46. The molecule has 8 nitrogen and oxygen atoms in total. The van der Waals surface area contributed by atoms with Gasteiger partial charge in [-0.3, -0.25) is 14.6 Å². The molecule has 202 valence electrons. The molecule has 0 aromatic heterocycles. The van der Waals surface area contributed by atoms with Crippen molar-refractivity contribution >= 4 is 5.91 Å². The lowest BCUT2D eigenvalue weighted by molar-refractivity contribution is -0.122. The maximum absolute atomic E-state index is 11.8. The van der Waals surface area contributed by atoms with Crippen LogP contribution < -0.4 is 15.5 Å². The molecule has 1 aromatic carbocycles. The monoisotopic (exact) mass is 501 g/mol. The van der Waals surface area contributed by atoms with Gasteiger partial charge in [0.1, 0.15) is 5.75 Å². The molecule has 0 unspecified atom stereocenters. The second kappa shape index (κ2) is 16.0. The number of nitrogens with one attached hydrogen (secondary N) is 2. The highest BCUT2D eigenvalue weighted by Crippen LogP contribution is 2.21. The summed E-state index contributed by atoms with van der Waals surface area (Å²) in [6.07, 6.45) is 7.11. The summed E-state index contributed by atoms with van der Waals surface area (Å²) in [5, 5.41) is 2.84. The third kappa shape index (κ3) is 11.0. The Morgan fingerprint density at radius 1 is 1.08 bits per heavy atom. The van der Waals surface area contributed by atoms with Gasteiger partial charge in [0.05, 0.1) is 19.8 Å². The normalized spacial score (nSPS) is 18.4. The number of likely N-dealkylation sites (tertiary alicyclic amines) is 2. The van der Waals surface area contributed by atoms with Gasteiger partial charge < -0.3 is 19.8 Å². The summed E-state index contributed by atoms with van der Waals surface area (Å²) in [6.45, 7) is 12.3. The van der Waals surface area contributed by atoms with Crippen LogP contribution in [0.5, 0.6) is 5.75 Å². The first kappa shape index (κ1) is 28.6. The molecule has 2 fully saturated rings. The minimum absolute atomic E-state index is 0.0705. The largest absolute Gasteiger partial charge is 0.494 e. The van der Waals surface area contributed by atoms with Crippen molar-refractivity contribution in [2.24, 2.45) is 5.92 Å². The van der Waals surface area contributed by atoms with Gasteiger partial charge in [0.2, 0.25) is 5.91 Å². The molecule has 2 saturated heterocycles. The molecule has 2 aliphatic heterocycles. The molecule has 0 spiro atoms. The van der Waals surface area contributed by atoms with Crippen LogP contribution >= 0.6 is 0 Å². The van der Waals surface area contributed by atoms with Gasteiger partial charge in [-0.1, -0.05) is 18.2 Å². The first-order valence-electron chi connectivity index (χ1n) is 13.6. The van der Waals surface area contributed by atoms with E-state index in [1.54, 1.807) is 6.08 Å². The van der Waals surface area contributed by atoms with E-state index in [9.17, 15) is 4.79 Å². The highest BCUT2D eigenvalue weighted by atomic mass is 16.6. The average Bonchev–Trinajstić information content (AvgIpc) is 2.88. The Bertz CT molecular complexity index is 757. The Balaban J connectivity index is 1.23. The van der Waals surface area contributed by atoms with Crippen LogP contribution in [0.1, 0.15) is 37.7 Å². The first-order chi connectivity index (χ1) is 17.5. The second-order valence-corrected chi connectivity index (χ2v) is 10.4. The average molecular weight is 502 g/mol. The predicted octanol–water partition coefficient (Wildman–Crippen LogP) is 2.52. The van der Waals surface area contributed by atoms with Gasteiger partial charge >= 0.3 is 0 Å². The van der Waals surface area contributed by atoms with E-state index in [1.165, 1.54) is 18.4 Å². The molecule has 0 atom stereocenters. The summed E-state index contributed by atoms with van der Waals surface area (Å²) in [5.74, 6) is 1.64. The van der Waals surface area contributed by atoms with Gasteiger partial charge in [-0.15, -0.1) is 6.58 Å². The summed E-state index contributed by atoms with van der Waals surface area (Å²) in [4.78, 5) is 24.7. The number of benzene rings is 1. The van der Waals surface area contributed by atoms with Crippen LogP contribution in [-0.2, 0) is 16.2 Å². The number of amides is 1. The fourth-order valence-corrected chi connectivity index (χ4v) is 4.77. The molecule has 1 amide bonds. The standard InChI is InChI=1S/C28H47N5O3/c1-4-14-29-28(34)22-33-18-12-26(13-19-33)30-36-23-25-10-16-32(17-11-25)21-24-6-8-27(9-7-24)35-20-5-15-31(2)3/h4,6-9,25-26,30H,1,5,10-23H2,2-3H3,(H,29,34). The van der Waals surface area contributed by atoms with Crippen LogP contribution in [0.4, 0.5) is 0 Å². The van der Waals surface area contributed by atoms with Crippen LogP contribution in [0.15, 0.2) is 36.9 Å². The molecule has 8 heteroatoms. The zero-order chi connectivity index (χ0) is 25.6. The predicted molar refractivity (Wildman–Crippen MR) is 145 cm³/mol. The van der Waals surface area contributed by atoms with E-state index in [4.69, 9.17) is 9.57 Å². The summed E-state index contributed by atoms with van der Waals surface area (Å²) in [5.41, 5.74) is 4.63. The number of piperidine rings is 2. The molecule has 0 saturated carbocycles. The van der Waals surface area contributed by atoms with Gasteiger partial charge in [0.15, 0.2) is 0 Å². The summed E-state index contributed by atoms with van der Waals surface area (Å²) < 4.78 is 5.85. The summed E-state index contributed by atoms with van der Waals surface area (Å²) in [6, 6.07) is 8.95. The fourth-order valence-electron chi connectivity index (χ4n) is 4.77. The van der Waals surface area contributed by atoms with Crippen molar-refractivity contribution in [1.29, 1.82) is 0 Å². The number of hydrogen-bond acceptors (Lipinski definition) is 7. The number of hydroxylamine groups is 1. The highest BCUT2D eigenvalue weighted by Gasteiger charge is 2.23. The maximum Gasteiger partial charge on any atom is 0.234 e. The zero-order valence-corrected chi connectivity index (χ0v) is 22.4. The van der Waals surface area contributed by atoms with Crippen LogP contribution in [0.3, 0.4) is 0 Å². The number of rotatable bonds is 15. The van der Waals surface area contributed by atoms with Gasteiger partial charge in [-0.05, 0) is 82.9 Å². The quantitative estimate of drug-likeness (QED) is 0.217. The Labute approximate surface area is 217 Å². The summed E-state index contributed by atoms with van der Waals surface area (Å²) in [7, 11) is 4.17. The third-order valence-corrected chi connectivity index (χ3v) is 7.02. The van der Waals surface area contributed by atoms with Crippen molar-refractivity contribution in [2.75, 3.05) is 73.1 Å². The molecule has 0 radical (unpaired) electrons. The zero-order valence-electron chi connectivity index (χ0n) is 22.4. The lowest BCUT2D eigenvalue weighted by atomic mass is 9.97. The smallest absolute Gasteiger partial charge is 0.234 e. The number of carbonyl (C=O) groups is 1. The van der Waals surface area contributed by atoms with E-state index >= 15 is 0 Å². The molecule has 1 aromatic rings. The second-order valence-electron chi connectivity index (χ2n) is 10.4. The van der Waals surface area contributed by atoms with Gasteiger partial charge in [0.25, 0.3) is 0 Å². The fraction of sp³-hybridized carbons (Fsp3) is 0.679. The van der Waals surface area contributed by atoms with Crippen LogP contribution in [0.2, 0.25) is 0 Å². The van der Waals surface area contributed by atoms with Crippen LogP contribution in [0.25, 0.3) is 0 Å². The summed E-state index contributed by atoms with van der Waals surface area (Å²) >= 11 is 0. The lowest BCUT2D eigenvalue weighted by Gasteiger charge is -2.33. The molecule has 0 bridgehead atoms. The van der Waals surface area contributed by atoms with Crippen molar-refractivity contribution in [2.45, 2.75) is 44.7 Å². The molecule has 2 aliphatic rings. The third-order valence-electron chi connectivity index (χ3n) is 7.02. The Morgan fingerprint density at radius 3 is 2.44 bits per heavy atom. The molecule has 2 N–H and O–H groups in total.